The van der Waals surface area contributed by atoms with Crippen molar-refractivity contribution in [1.29, 1.82) is 0 Å². The molecule has 0 spiro atoms. The summed E-state index contributed by atoms with van der Waals surface area (Å²) in [4.78, 5) is 2.23. The second-order valence-corrected chi connectivity index (χ2v) is 6.01. The minimum atomic E-state index is -0.0862. The molecule has 0 aliphatic carbocycles. The van der Waals surface area contributed by atoms with E-state index in [1.54, 1.807) is 14.2 Å². The van der Waals surface area contributed by atoms with Crippen molar-refractivity contribution in [2.75, 3.05) is 34.9 Å². The van der Waals surface area contributed by atoms with E-state index < -0.39 is 0 Å². The van der Waals surface area contributed by atoms with Gasteiger partial charge in [0.05, 0.1) is 25.8 Å². The van der Waals surface area contributed by atoms with E-state index in [0.717, 1.165) is 30.0 Å². The summed E-state index contributed by atoms with van der Waals surface area (Å²) in [5, 5.41) is 3.66. The first kappa shape index (κ1) is 17.8. The molecule has 0 saturated carbocycles. The topological polar surface area (TPSA) is 33.7 Å². The number of methoxy groups -OCH3 is 2. The summed E-state index contributed by atoms with van der Waals surface area (Å²) in [5.74, 6) is 1.72. The molecule has 1 aromatic carbocycles. The highest BCUT2D eigenvalue weighted by molar-refractivity contribution is 5.48. The molecule has 120 valence electrons. The number of nitrogens with zero attached hydrogens (tertiary/aromatic N) is 1. The lowest BCUT2D eigenvalue weighted by atomic mass is 9.86. The SMILES string of the molecule is CCCNC(c1c(OC)cccc1OC)C(C)(C)N(C)C. The lowest BCUT2D eigenvalue weighted by Crippen LogP contribution is -2.49. The van der Waals surface area contributed by atoms with Gasteiger partial charge in [0.2, 0.25) is 0 Å². The maximum Gasteiger partial charge on any atom is 0.127 e. The smallest absolute Gasteiger partial charge is 0.127 e. The molecule has 0 fully saturated rings. The molecule has 1 N–H and O–H groups in total. The van der Waals surface area contributed by atoms with Crippen LogP contribution in [0.4, 0.5) is 0 Å². The fourth-order valence-corrected chi connectivity index (χ4v) is 2.42. The molecule has 4 heteroatoms. The van der Waals surface area contributed by atoms with Crippen LogP contribution in [0.2, 0.25) is 0 Å². The van der Waals surface area contributed by atoms with Crippen LogP contribution in [-0.2, 0) is 0 Å². The summed E-state index contributed by atoms with van der Waals surface area (Å²) in [6, 6.07) is 6.05. The van der Waals surface area contributed by atoms with Crippen molar-refractivity contribution in [2.24, 2.45) is 0 Å². The van der Waals surface area contributed by atoms with E-state index in [1.165, 1.54) is 0 Å². The maximum atomic E-state index is 5.59. The van der Waals surface area contributed by atoms with Gasteiger partial charge in [0.1, 0.15) is 11.5 Å². The lowest BCUT2D eigenvalue weighted by Gasteiger charge is -2.41. The molecule has 0 aliphatic rings. The largest absolute Gasteiger partial charge is 0.496 e. The first-order chi connectivity index (χ1) is 9.89. The molecule has 0 radical (unpaired) electrons. The van der Waals surface area contributed by atoms with Gasteiger partial charge in [-0.15, -0.1) is 0 Å². The number of ether oxygens (including phenoxy) is 2. The summed E-state index contributed by atoms with van der Waals surface area (Å²) >= 11 is 0. The second kappa shape index (κ2) is 7.66. The van der Waals surface area contributed by atoms with Crippen LogP contribution < -0.4 is 14.8 Å². The van der Waals surface area contributed by atoms with Gasteiger partial charge >= 0.3 is 0 Å². The molecule has 4 nitrogen and oxygen atoms in total. The Kier molecular flexibility index (Phi) is 6.49. The number of hydrogen-bond acceptors (Lipinski definition) is 4. The Labute approximate surface area is 129 Å². The molecule has 0 aromatic heterocycles. The predicted octanol–water partition coefficient (Wildman–Crippen LogP) is 3.08. The fraction of sp³-hybridized carbons (Fsp3) is 0.647. The van der Waals surface area contributed by atoms with E-state index in [9.17, 15) is 0 Å². The zero-order chi connectivity index (χ0) is 16.0. The molecule has 0 aliphatic heterocycles. The first-order valence-electron chi connectivity index (χ1n) is 7.51. The Morgan fingerprint density at radius 1 is 1.14 bits per heavy atom. The van der Waals surface area contributed by atoms with Gasteiger partial charge in [-0.2, -0.15) is 0 Å². The highest BCUT2D eigenvalue weighted by Gasteiger charge is 2.36. The van der Waals surface area contributed by atoms with E-state index in [-0.39, 0.29) is 11.6 Å². The zero-order valence-electron chi connectivity index (χ0n) is 14.5. The van der Waals surface area contributed by atoms with Gasteiger partial charge in [0.25, 0.3) is 0 Å². The normalized spacial score (nSPS) is 13.3. The Hall–Kier alpha value is -1.26. The molecule has 0 saturated heterocycles. The number of likely N-dealkylation sites (N-methyl/N-ethyl adjacent to an activating group) is 1. The quantitative estimate of drug-likeness (QED) is 0.799. The second-order valence-electron chi connectivity index (χ2n) is 6.01. The summed E-state index contributed by atoms with van der Waals surface area (Å²) < 4.78 is 11.2. The molecule has 1 atom stereocenters. The molecular formula is C17H30N2O2. The summed E-state index contributed by atoms with van der Waals surface area (Å²) in [7, 11) is 7.61. The average molecular weight is 294 g/mol. The van der Waals surface area contributed by atoms with Crippen molar-refractivity contribution < 1.29 is 9.47 Å². The number of nitrogens with one attached hydrogen (secondary N) is 1. The van der Waals surface area contributed by atoms with Gasteiger partial charge in [-0.25, -0.2) is 0 Å². The van der Waals surface area contributed by atoms with E-state index in [4.69, 9.17) is 9.47 Å². The van der Waals surface area contributed by atoms with Gasteiger partial charge in [0, 0.05) is 5.54 Å². The molecular weight excluding hydrogens is 264 g/mol. The minimum absolute atomic E-state index is 0.0862. The fourth-order valence-electron chi connectivity index (χ4n) is 2.42. The zero-order valence-corrected chi connectivity index (χ0v) is 14.5. The van der Waals surface area contributed by atoms with Crippen molar-refractivity contribution in [3.63, 3.8) is 0 Å². The van der Waals surface area contributed by atoms with Crippen LogP contribution in [0.5, 0.6) is 11.5 Å². The molecule has 0 amide bonds. The molecule has 1 unspecified atom stereocenters. The number of benzene rings is 1. The molecule has 0 bridgehead atoms. The van der Waals surface area contributed by atoms with Crippen molar-refractivity contribution in [3.8, 4) is 11.5 Å². The van der Waals surface area contributed by atoms with Gasteiger partial charge in [-0.05, 0) is 53.0 Å². The maximum absolute atomic E-state index is 5.59. The summed E-state index contributed by atoms with van der Waals surface area (Å²) in [5.41, 5.74) is 0.992. The van der Waals surface area contributed by atoms with Gasteiger partial charge in [0.15, 0.2) is 0 Å². The van der Waals surface area contributed by atoms with Crippen molar-refractivity contribution in [1.82, 2.24) is 10.2 Å². The van der Waals surface area contributed by atoms with Crippen LogP contribution in [-0.4, -0.2) is 45.3 Å². The van der Waals surface area contributed by atoms with Crippen LogP contribution in [0.15, 0.2) is 18.2 Å². The number of hydrogen-bond donors (Lipinski definition) is 1. The Morgan fingerprint density at radius 2 is 1.67 bits per heavy atom. The van der Waals surface area contributed by atoms with Crippen LogP contribution in [0, 0.1) is 0 Å². The highest BCUT2D eigenvalue weighted by Crippen LogP contribution is 2.40. The summed E-state index contributed by atoms with van der Waals surface area (Å²) in [6.45, 7) is 7.58. The van der Waals surface area contributed by atoms with Crippen molar-refractivity contribution in [2.45, 2.75) is 38.8 Å². The highest BCUT2D eigenvalue weighted by atomic mass is 16.5. The van der Waals surface area contributed by atoms with E-state index >= 15 is 0 Å². The van der Waals surface area contributed by atoms with E-state index in [0.29, 0.717) is 0 Å². The van der Waals surface area contributed by atoms with Crippen LogP contribution in [0.25, 0.3) is 0 Å². The van der Waals surface area contributed by atoms with Crippen molar-refractivity contribution in [3.05, 3.63) is 23.8 Å². The van der Waals surface area contributed by atoms with Gasteiger partial charge in [-0.1, -0.05) is 13.0 Å². The standard InChI is InChI=1S/C17H30N2O2/c1-8-12-18-16(17(2,3)19(4)5)15-13(20-6)10-9-11-14(15)21-7/h9-11,16,18H,8,12H2,1-7H3. The third kappa shape index (κ3) is 3.89. The molecule has 0 heterocycles. The lowest BCUT2D eigenvalue weighted by molar-refractivity contribution is 0.134. The predicted molar refractivity (Wildman–Crippen MR) is 88.3 cm³/mol. The van der Waals surface area contributed by atoms with Crippen LogP contribution in [0.3, 0.4) is 0 Å². The third-order valence-electron chi connectivity index (χ3n) is 4.21. The Bertz CT molecular complexity index is 422. The monoisotopic (exact) mass is 294 g/mol. The Balaban J connectivity index is 3.38. The summed E-state index contributed by atoms with van der Waals surface area (Å²) in [6.07, 6.45) is 1.08. The first-order valence-corrected chi connectivity index (χ1v) is 7.51. The van der Waals surface area contributed by atoms with Crippen LogP contribution >= 0.6 is 0 Å². The minimum Gasteiger partial charge on any atom is -0.496 e. The molecule has 1 aromatic rings. The molecule has 21 heavy (non-hydrogen) atoms. The van der Waals surface area contributed by atoms with E-state index in [1.807, 2.05) is 18.2 Å². The molecule has 1 rings (SSSR count). The van der Waals surface area contributed by atoms with Crippen molar-refractivity contribution >= 4 is 0 Å². The third-order valence-corrected chi connectivity index (χ3v) is 4.21. The van der Waals surface area contributed by atoms with E-state index in [2.05, 4.69) is 45.1 Å². The van der Waals surface area contributed by atoms with Crippen LogP contribution in [0.1, 0.15) is 38.8 Å². The number of rotatable bonds is 8. The van der Waals surface area contributed by atoms with Gasteiger partial charge < -0.3 is 19.7 Å². The Morgan fingerprint density at radius 3 is 2.05 bits per heavy atom. The van der Waals surface area contributed by atoms with Gasteiger partial charge in [-0.3, -0.25) is 0 Å². The average Bonchev–Trinajstić information content (AvgIpc) is 2.47.